The van der Waals surface area contributed by atoms with Crippen molar-refractivity contribution in [3.05, 3.63) is 48.5 Å². The molecule has 0 unspecified atom stereocenters. The highest BCUT2D eigenvalue weighted by atomic mass is 16.7. The van der Waals surface area contributed by atoms with Crippen molar-refractivity contribution in [3.8, 4) is 17.2 Å². The summed E-state index contributed by atoms with van der Waals surface area (Å²) in [6.07, 6.45) is 0. The summed E-state index contributed by atoms with van der Waals surface area (Å²) in [5.74, 6) is 2.52. The van der Waals surface area contributed by atoms with Crippen LogP contribution in [-0.2, 0) is 0 Å². The number of anilines is 1. The first kappa shape index (κ1) is 14.1. The Balaban J connectivity index is 1.46. The predicted octanol–water partition coefficient (Wildman–Crippen LogP) is 2.22. The molecule has 0 amide bonds. The van der Waals surface area contributed by atoms with Gasteiger partial charge in [-0.25, -0.2) is 4.99 Å². The molecule has 3 rings (SSSR count). The molecular weight excluding hydrogens is 282 g/mol. The largest absolute Gasteiger partial charge is 0.492 e. The number of hydrogen-bond acceptors (Lipinski definition) is 4. The third kappa shape index (κ3) is 3.60. The zero-order valence-electron chi connectivity index (χ0n) is 12.0. The summed E-state index contributed by atoms with van der Waals surface area (Å²) in [6, 6.07) is 15.1. The van der Waals surface area contributed by atoms with Gasteiger partial charge in [-0.15, -0.1) is 0 Å². The molecule has 0 atom stereocenters. The van der Waals surface area contributed by atoms with E-state index in [0.717, 1.165) is 11.4 Å². The maximum atomic E-state index is 5.81. The molecule has 114 valence electrons. The van der Waals surface area contributed by atoms with Crippen LogP contribution >= 0.6 is 0 Å². The Morgan fingerprint density at radius 2 is 1.95 bits per heavy atom. The maximum absolute atomic E-state index is 5.81. The molecular formula is C16H17N3O3. The van der Waals surface area contributed by atoms with E-state index >= 15 is 0 Å². The van der Waals surface area contributed by atoms with Crippen LogP contribution in [0.3, 0.4) is 0 Å². The number of fused-ring (bicyclic) bond motifs is 1. The summed E-state index contributed by atoms with van der Waals surface area (Å²) in [5, 5.41) is 3.01. The molecule has 6 heteroatoms. The van der Waals surface area contributed by atoms with Gasteiger partial charge >= 0.3 is 0 Å². The van der Waals surface area contributed by atoms with E-state index in [1.165, 1.54) is 0 Å². The number of guanidine groups is 1. The highest BCUT2D eigenvalue weighted by Crippen LogP contribution is 2.34. The molecule has 1 heterocycles. The molecule has 0 aliphatic carbocycles. The first-order valence-electron chi connectivity index (χ1n) is 6.96. The van der Waals surface area contributed by atoms with Gasteiger partial charge in [0.1, 0.15) is 12.4 Å². The van der Waals surface area contributed by atoms with Gasteiger partial charge < -0.3 is 25.3 Å². The fraction of sp³-hybridized carbons (Fsp3) is 0.188. The normalized spacial score (nSPS) is 13.0. The van der Waals surface area contributed by atoms with E-state index in [-0.39, 0.29) is 6.79 Å². The first-order valence-corrected chi connectivity index (χ1v) is 6.96. The Labute approximate surface area is 128 Å². The average molecular weight is 299 g/mol. The molecule has 0 saturated carbocycles. The topological polar surface area (TPSA) is 78.1 Å². The monoisotopic (exact) mass is 299 g/mol. The van der Waals surface area contributed by atoms with Crippen molar-refractivity contribution in [1.82, 2.24) is 0 Å². The smallest absolute Gasteiger partial charge is 0.231 e. The molecule has 0 radical (unpaired) electrons. The lowest BCUT2D eigenvalue weighted by Crippen LogP contribution is -2.23. The van der Waals surface area contributed by atoms with Crippen LogP contribution < -0.4 is 25.3 Å². The van der Waals surface area contributed by atoms with Gasteiger partial charge in [-0.3, -0.25) is 0 Å². The lowest BCUT2D eigenvalue weighted by molar-refractivity contribution is 0.174. The van der Waals surface area contributed by atoms with Crippen LogP contribution in [0, 0.1) is 0 Å². The van der Waals surface area contributed by atoms with Crippen LogP contribution in [0.25, 0.3) is 0 Å². The van der Waals surface area contributed by atoms with Crippen molar-refractivity contribution in [2.75, 3.05) is 25.3 Å². The zero-order chi connectivity index (χ0) is 15.2. The van der Waals surface area contributed by atoms with E-state index < -0.39 is 0 Å². The van der Waals surface area contributed by atoms with Crippen LogP contribution in [0.15, 0.2) is 53.5 Å². The van der Waals surface area contributed by atoms with Crippen LogP contribution in [0.1, 0.15) is 0 Å². The average Bonchev–Trinajstić information content (AvgIpc) is 3.00. The van der Waals surface area contributed by atoms with Gasteiger partial charge in [-0.1, -0.05) is 18.2 Å². The minimum Gasteiger partial charge on any atom is -0.492 e. The molecule has 0 fully saturated rings. The number of ether oxygens (including phenoxy) is 3. The molecule has 0 aromatic heterocycles. The summed E-state index contributed by atoms with van der Waals surface area (Å²) in [5.41, 5.74) is 6.71. The van der Waals surface area contributed by atoms with Gasteiger partial charge in [0.25, 0.3) is 0 Å². The standard InChI is InChI=1S/C16H17N3O3/c17-16(19-12-4-2-1-3-5-12)18-8-9-20-13-6-7-14-15(10-13)22-11-21-14/h1-7,10H,8-9,11H2,(H3,17,18,19). The number of nitrogens with two attached hydrogens (primary N) is 1. The van der Waals surface area contributed by atoms with Crippen molar-refractivity contribution in [2.24, 2.45) is 10.7 Å². The van der Waals surface area contributed by atoms with Crippen LogP contribution in [0.2, 0.25) is 0 Å². The number of nitrogens with one attached hydrogen (secondary N) is 1. The van der Waals surface area contributed by atoms with Crippen molar-refractivity contribution < 1.29 is 14.2 Å². The fourth-order valence-electron chi connectivity index (χ4n) is 2.01. The second-order valence-electron chi connectivity index (χ2n) is 4.62. The van der Waals surface area contributed by atoms with Crippen molar-refractivity contribution >= 4 is 11.6 Å². The number of nitrogens with zero attached hydrogens (tertiary/aromatic N) is 1. The summed E-state index contributed by atoms with van der Waals surface area (Å²) in [4.78, 5) is 4.21. The molecule has 0 spiro atoms. The number of para-hydroxylation sites is 1. The SMILES string of the molecule is NC(=NCCOc1ccc2c(c1)OCO2)Nc1ccccc1. The Morgan fingerprint density at radius 3 is 2.82 bits per heavy atom. The highest BCUT2D eigenvalue weighted by Gasteiger charge is 2.13. The van der Waals surface area contributed by atoms with Gasteiger partial charge in [-0.2, -0.15) is 0 Å². The van der Waals surface area contributed by atoms with E-state index in [0.29, 0.717) is 30.6 Å². The zero-order valence-corrected chi connectivity index (χ0v) is 12.0. The van der Waals surface area contributed by atoms with E-state index in [1.807, 2.05) is 42.5 Å². The summed E-state index contributed by atoms with van der Waals surface area (Å²) in [7, 11) is 0. The lowest BCUT2D eigenvalue weighted by atomic mass is 10.3. The van der Waals surface area contributed by atoms with Gasteiger partial charge in [0.15, 0.2) is 17.5 Å². The summed E-state index contributed by atoms with van der Waals surface area (Å²) < 4.78 is 16.1. The number of aliphatic imine (C=N–C) groups is 1. The lowest BCUT2D eigenvalue weighted by Gasteiger charge is -2.07. The van der Waals surface area contributed by atoms with Gasteiger partial charge in [0.05, 0.1) is 6.54 Å². The molecule has 1 aliphatic rings. The Morgan fingerprint density at radius 1 is 1.14 bits per heavy atom. The van der Waals surface area contributed by atoms with Crippen molar-refractivity contribution in [3.63, 3.8) is 0 Å². The highest BCUT2D eigenvalue weighted by molar-refractivity contribution is 5.92. The van der Waals surface area contributed by atoms with E-state index in [4.69, 9.17) is 19.9 Å². The Hall–Kier alpha value is -2.89. The number of hydrogen-bond donors (Lipinski definition) is 2. The molecule has 0 bridgehead atoms. The third-order valence-corrected chi connectivity index (χ3v) is 3.03. The maximum Gasteiger partial charge on any atom is 0.231 e. The van der Waals surface area contributed by atoms with Gasteiger partial charge in [0.2, 0.25) is 6.79 Å². The van der Waals surface area contributed by atoms with E-state index in [1.54, 1.807) is 6.07 Å². The van der Waals surface area contributed by atoms with Crippen LogP contribution in [-0.4, -0.2) is 25.9 Å². The van der Waals surface area contributed by atoms with E-state index in [9.17, 15) is 0 Å². The number of rotatable bonds is 5. The third-order valence-electron chi connectivity index (χ3n) is 3.03. The van der Waals surface area contributed by atoms with E-state index in [2.05, 4.69) is 10.3 Å². The van der Waals surface area contributed by atoms with Gasteiger partial charge in [0, 0.05) is 11.8 Å². The molecule has 22 heavy (non-hydrogen) atoms. The van der Waals surface area contributed by atoms with Crippen LogP contribution in [0.4, 0.5) is 5.69 Å². The molecule has 2 aromatic carbocycles. The molecule has 2 aromatic rings. The second kappa shape index (κ2) is 6.71. The molecule has 0 saturated heterocycles. The van der Waals surface area contributed by atoms with Crippen molar-refractivity contribution in [2.45, 2.75) is 0 Å². The molecule has 6 nitrogen and oxygen atoms in total. The fourth-order valence-corrected chi connectivity index (χ4v) is 2.01. The molecule has 3 N–H and O–H groups in total. The summed E-state index contributed by atoms with van der Waals surface area (Å²) in [6.45, 7) is 1.14. The van der Waals surface area contributed by atoms with Crippen molar-refractivity contribution in [1.29, 1.82) is 0 Å². The predicted molar refractivity (Wildman–Crippen MR) is 84.6 cm³/mol. The Bertz CT molecular complexity index is 659. The number of benzene rings is 2. The minimum atomic E-state index is 0.255. The molecule has 1 aliphatic heterocycles. The van der Waals surface area contributed by atoms with Crippen LogP contribution in [0.5, 0.6) is 17.2 Å². The quantitative estimate of drug-likeness (QED) is 0.503. The first-order chi connectivity index (χ1) is 10.8. The minimum absolute atomic E-state index is 0.255. The Kier molecular flexibility index (Phi) is 4.29. The second-order valence-corrected chi connectivity index (χ2v) is 4.62. The van der Waals surface area contributed by atoms with Gasteiger partial charge in [-0.05, 0) is 24.3 Å². The summed E-state index contributed by atoms with van der Waals surface area (Å²) >= 11 is 0.